The molecular weight excluding hydrogens is 286 g/mol. The minimum Gasteiger partial charge on any atom is -0.480 e. The van der Waals surface area contributed by atoms with E-state index < -0.39 is 22.0 Å². The first kappa shape index (κ1) is 14.5. The molecule has 0 bridgehead atoms. The molecule has 106 valence electrons. The van der Waals surface area contributed by atoms with E-state index in [9.17, 15) is 13.2 Å². The number of nitrogens with one attached hydrogen (secondary N) is 1. The van der Waals surface area contributed by atoms with Gasteiger partial charge < -0.3 is 5.11 Å². The van der Waals surface area contributed by atoms with Gasteiger partial charge in [-0.25, -0.2) is 8.42 Å². The summed E-state index contributed by atoms with van der Waals surface area (Å²) in [5, 5.41) is 10.9. The van der Waals surface area contributed by atoms with Gasteiger partial charge in [0.25, 0.3) is 0 Å². The highest BCUT2D eigenvalue weighted by Gasteiger charge is 2.29. The zero-order valence-corrected chi connectivity index (χ0v) is 12.0. The summed E-state index contributed by atoms with van der Waals surface area (Å²) in [5.41, 5.74) is 0. The summed E-state index contributed by atoms with van der Waals surface area (Å²) in [4.78, 5) is 11.7. The third kappa shape index (κ3) is 4.02. The smallest absolute Gasteiger partial charge is 0.327 e. The predicted molar refractivity (Wildman–Crippen MR) is 73.6 cm³/mol. The van der Waals surface area contributed by atoms with Crippen LogP contribution in [0.1, 0.15) is 36.6 Å². The molecule has 2 N–H and O–H groups in total. The number of carboxylic acids is 1. The van der Waals surface area contributed by atoms with E-state index in [4.69, 9.17) is 5.11 Å². The van der Waals surface area contributed by atoms with Crippen LogP contribution in [0.5, 0.6) is 0 Å². The summed E-state index contributed by atoms with van der Waals surface area (Å²) in [6.07, 6.45) is 3.95. The Morgan fingerprint density at radius 2 is 2.16 bits per heavy atom. The Hall–Kier alpha value is -0.920. The van der Waals surface area contributed by atoms with E-state index in [2.05, 4.69) is 4.72 Å². The van der Waals surface area contributed by atoms with Gasteiger partial charge in [-0.15, -0.1) is 11.3 Å². The molecule has 1 fully saturated rings. The van der Waals surface area contributed by atoms with Gasteiger partial charge in [0.2, 0.25) is 10.0 Å². The SMILES string of the molecule is O=C(O)C(NS(=O)(=O)CC1CCCC1)c1cccs1. The van der Waals surface area contributed by atoms with Gasteiger partial charge in [-0.3, -0.25) is 4.79 Å². The van der Waals surface area contributed by atoms with Crippen LogP contribution in [0, 0.1) is 5.92 Å². The van der Waals surface area contributed by atoms with Gasteiger partial charge in [0.05, 0.1) is 5.75 Å². The highest BCUT2D eigenvalue weighted by Crippen LogP contribution is 2.27. The second-order valence-corrected chi connectivity index (χ2v) is 7.61. The van der Waals surface area contributed by atoms with Gasteiger partial charge in [0, 0.05) is 4.88 Å². The second-order valence-electron chi connectivity index (χ2n) is 4.84. The first-order valence-corrected chi connectivity index (χ1v) is 8.77. The van der Waals surface area contributed by atoms with Crippen molar-refractivity contribution in [1.29, 1.82) is 0 Å². The maximum Gasteiger partial charge on any atom is 0.327 e. The summed E-state index contributed by atoms with van der Waals surface area (Å²) >= 11 is 1.24. The Kier molecular flexibility index (Phi) is 4.59. The molecule has 1 unspecified atom stereocenters. The van der Waals surface area contributed by atoms with Crippen molar-refractivity contribution in [1.82, 2.24) is 4.72 Å². The maximum absolute atomic E-state index is 12.0. The predicted octanol–water partition coefficient (Wildman–Crippen LogP) is 1.98. The van der Waals surface area contributed by atoms with Crippen molar-refractivity contribution in [2.45, 2.75) is 31.7 Å². The molecule has 5 nitrogen and oxygen atoms in total. The summed E-state index contributed by atoms with van der Waals surface area (Å²) < 4.78 is 26.4. The van der Waals surface area contributed by atoms with E-state index in [0.29, 0.717) is 4.88 Å². The number of sulfonamides is 1. The molecule has 1 aromatic heterocycles. The summed E-state index contributed by atoms with van der Waals surface area (Å²) in [7, 11) is -3.56. The molecule has 0 spiro atoms. The fraction of sp³-hybridized carbons (Fsp3) is 0.583. The highest BCUT2D eigenvalue weighted by molar-refractivity contribution is 7.89. The molecule has 1 aromatic rings. The number of aliphatic carboxylic acids is 1. The first-order chi connectivity index (χ1) is 8.98. The molecule has 0 amide bonds. The standard InChI is InChI=1S/C12H17NO4S2/c14-12(15)11(10-6-3-7-18-10)13-19(16,17)8-9-4-1-2-5-9/h3,6-7,9,11,13H,1-2,4-5,8H2,(H,14,15). The molecule has 7 heteroatoms. The number of hydrogen-bond acceptors (Lipinski definition) is 4. The molecule has 1 heterocycles. The molecule has 2 rings (SSSR count). The van der Waals surface area contributed by atoms with Crippen molar-refractivity contribution in [2.75, 3.05) is 5.75 Å². The highest BCUT2D eigenvalue weighted by atomic mass is 32.2. The number of hydrogen-bond donors (Lipinski definition) is 2. The molecule has 1 atom stereocenters. The number of rotatable bonds is 6. The number of carboxylic acid groups (broad SMARTS) is 1. The molecule has 1 aliphatic carbocycles. The van der Waals surface area contributed by atoms with Crippen LogP contribution < -0.4 is 4.72 Å². The van der Waals surface area contributed by atoms with Gasteiger partial charge >= 0.3 is 5.97 Å². The lowest BCUT2D eigenvalue weighted by atomic mass is 10.1. The maximum atomic E-state index is 12.0. The molecular formula is C12H17NO4S2. The van der Waals surface area contributed by atoms with Crippen LogP contribution in [0.3, 0.4) is 0 Å². The topological polar surface area (TPSA) is 83.5 Å². The summed E-state index contributed by atoms with van der Waals surface area (Å²) in [5.74, 6) is -0.977. The Morgan fingerprint density at radius 3 is 2.68 bits per heavy atom. The van der Waals surface area contributed by atoms with E-state index >= 15 is 0 Å². The summed E-state index contributed by atoms with van der Waals surface area (Å²) in [6.45, 7) is 0. The van der Waals surface area contributed by atoms with Crippen LogP contribution in [0.2, 0.25) is 0 Å². The fourth-order valence-electron chi connectivity index (χ4n) is 2.40. The van der Waals surface area contributed by atoms with Crippen molar-refractivity contribution < 1.29 is 18.3 Å². The minimum absolute atomic E-state index is 0.0299. The second kappa shape index (κ2) is 6.02. The Balaban J connectivity index is 2.05. The van der Waals surface area contributed by atoms with Gasteiger partial charge in [-0.1, -0.05) is 18.9 Å². The van der Waals surface area contributed by atoms with E-state index in [1.807, 2.05) is 0 Å². The van der Waals surface area contributed by atoms with Crippen LogP contribution >= 0.6 is 11.3 Å². The van der Waals surface area contributed by atoms with Crippen molar-refractivity contribution in [3.05, 3.63) is 22.4 Å². The molecule has 1 saturated carbocycles. The molecule has 19 heavy (non-hydrogen) atoms. The zero-order valence-electron chi connectivity index (χ0n) is 10.4. The Morgan fingerprint density at radius 1 is 1.47 bits per heavy atom. The summed E-state index contributed by atoms with van der Waals surface area (Å²) in [6, 6.07) is 2.16. The normalized spacial score (nSPS) is 18.5. The van der Waals surface area contributed by atoms with Gasteiger partial charge in [-0.2, -0.15) is 4.72 Å². The monoisotopic (exact) mass is 303 g/mol. The Bertz CT molecular complexity index is 518. The van der Waals surface area contributed by atoms with E-state index in [-0.39, 0.29) is 11.7 Å². The lowest BCUT2D eigenvalue weighted by molar-refractivity contribution is -0.139. The third-order valence-electron chi connectivity index (χ3n) is 3.30. The average molecular weight is 303 g/mol. The lowest BCUT2D eigenvalue weighted by Gasteiger charge is -2.15. The molecule has 0 radical (unpaired) electrons. The van der Waals surface area contributed by atoms with Crippen molar-refractivity contribution in [3.63, 3.8) is 0 Å². The van der Waals surface area contributed by atoms with Gasteiger partial charge in [-0.05, 0) is 30.2 Å². The molecule has 0 saturated heterocycles. The third-order valence-corrected chi connectivity index (χ3v) is 5.74. The Labute approximate surface area is 116 Å². The molecule has 0 aliphatic heterocycles. The number of carbonyl (C=O) groups is 1. The van der Waals surface area contributed by atoms with Gasteiger partial charge in [0.1, 0.15) is 0 Å². The van der Waals surface area contributed by atoms with Crippen molar-refractivity contribution in [3.8, 4) is 0 Å². The van der Waals surface area contributed by atoms with E-state index in [1.165, 1.54) is 11.3 Å². The zero-order chi connectivity index (χ0) is 13.9. The molecule has 0 aromatic carbocycles. The van der Waals surface area contributed by atoms with Crippen LogP contribution in [0.15, 0.2) is 17.5 Å². The molecule has 1 aliphatic rings. The number of thiophene rings is 1. The largest absolute Gasteiger partial charge is 0.480 e. The quantitative estimate of drug-likeness (QED) is 0.841. The minimum atomic E-state index is -3.56. The van der Waals surface area contributed by atoms with Crippen LogP contribution in [-0.2, 0) is 14.8 Å². The van der Waals surface area contributed by atoms with E-state index in [1.54, 1.807) is 17.5 Å². The van der Waals surface area contributed by atoms with Crippen LogP contribution in [0.4, 0.5) is 0 Å². The first-order valence-electron chi connectivity index (χ1n) is 6.24. The van der Waals surface area contributed by atoms with Crippen molar-refractivity contribution >= 4 is 27.3 Å². The van der Waals surface area contributed by atoms with E-state index in [0.717, 1.165) is 25.7 Å². The van der Waals surface area contributed by atoms with Crippen LogP contribution in [0.25, 0.3) is 0 Å². The lowest BCUT2D eigenvalue weighted by Crippen LogP contribution is -2.36. The fourth-order valence-corrected chi connectivity index (χ4v) is 4.88. The van der Waals surface area contributed by atoms with Crippen molar-refractivity contribution in [2.24, 2.45) is 5.92 Å². The van der Waals surface area contributed by atoms with Gasteiger partial charge in [0.15, 0.2) is 6.04 Å². The van der Waals surface area contributed by atoms with Crippen LogP contribution in [-0.4, -0.2) is 25.2 Å². The average Bonchev–Trinajstić information content (AvgIpc) is 2.96.